The standard InChI is InChI=1S/C14H29F3N4.HI/c1-6-18-13(19-8-7-14(15,16)17)20-9-10-21(11(2)3)12(4)5;/h11-12H,6-10H2,1-5H3,(H2,18,19,20);1H. The van der Waals surface area contributed by atoms with Crippen LogP contribution < -0.4 is 10.6 Å². The molecule has 22 heavy (non-hydrogen) atoms. The Morgan fingerprint density at radius 2 is 1.64 bits per heavy atom. The molecular formula is C14H30F3IN4. The van der Waals surface area contributed by atoms with E-state index in [-0.39, 0.29) is 30.5 Å². The minimum atomic E-state index is -4.16. The molecule has 0 saturated heterocycles. The van der Waals surface area contributed by atoms with E-state index in [2.05, 4.69) is 48.2 Å². The lowest BCUT2D eigenvalue weighted by atomic mass is 10.2. The second kappa shape index (κ2) is 12.2. The van der Waals surface area contributed by atoms with E-state index >= 15 is 0 Å². The zero-order valence-electron chi connectivity index (χ0n) is 14.1. The average Bonchev–Trinajstić information content (AvgIpc) is 2.31. The number of hydrogen-bond acceptors (Lipinski definition) is 2. The number of aliphatic imine (C=N–C) groups is 1. The quantitative estimate of drug-likeness (QED) is 0.347. The molecule has 0 aliphatic carbocycles. The molecule has 0 aromatic heterocycles. The molecule has 0 bridgehead atoms. The van der Waals surface area contributed by atoms with Gasteiger partial charge in [0.05, 0.1) is 13.0 Å². The van der Waals surface area contributed by atoms with Gasteiger partial charge >= 0.3 is 6.18 Å². The Bertz CT molecular complexity index is 299. The molecule has 0 radical (unpaired) electrons. The lowest BCUT2D eigenvalue weighted by Crippen LogP contribution is -2.45. The molecule has 0 aromatic carbocycles. The van der Waals surface area contributed by atoms with Gasteiger partial charge in [-0.2, -0.15) is 13.2 Å². The first-order valence-corrected chi connectivity index (χ1v) is 7.52. The Morgan fingerprint density at radius 3 is 2.05 bits per heavy atom. The predicted octanol–water partition coefficient (Wildman–Crippen LogP) is 3.23. The Morgan fingerprint density at radius 1 is 1.09 bits per heavy atom. The van der Waals surface area contributed by atoms with Crippen molar-refractivity contribution in [3.8, 4) is 0 Å². The number of alkyl halides is 3. The van der Waals surface area contributed by atoms with Crippen LogP contribution in [0, 0.1) is 0 Å². The normalized spacial score (nSPS) is 12.8. The van der Waals surface area contributed by atoms with Crippen molar-refractivity contribution in [2.24, 2.45) is 4.99 Å². The third-order valence-corrected chi connectivity index (χ3v) is 3.00. The van der Waals surface area contributed by atoms with Crippen molar-refractivity contribution in [1.82, 2.24) is 15.5 Å². The van der Waals surface area contributed by atoms with Gasteiger partial charge in [0.1, 0.15) is 0 Å². The Hall–Kier alpha value is -0.250. The van der Waals surface area contributed by atoms with Crippen LogP contribution in [0.15, 0.2) is 4.99 Å². The van der Waals surface area contributed by atoms with E-state index in [0.29, 0.717) is 31.1 Å². The molecule has 0 spiro atoms. The lowest BCUT2D eigenvalue weighted by molar-refractivity contribution is -0.132. The number of halogens is 4. The van der Waals surface area contributed by atoms with Gasteiger partial charge in [-0.15, -0.1) is 24.0 Å². The minimum Gasteiger partial charge on any atom is -0.357 e. The zero-order valence-corrected chi connectivity index (χ0v) is 16.5. The molecule has 0 aliphatic heterocycles. The van der Waals surface area contributed by atoms with Crippen molar-refractivity contribution in [1.29, 1.82) is 0 Å². The zero-order chi connectivity index (χ0) is 16.5. The van der Waals surface area contributed by atoms with Crippen LogP contribution in [-0.2, 0) is 0 Å². The summed E-state index contributed by atoms with van der Waals surface area (Å²) in [5, 5.41) is 6.03. The molecule has 0 unspecified atom stereocenters. The molecule has 0 rings (SSSR count). The van der Waals surface area contributed by atoms with Gasteiger partial charge in [-0.05, 0) is 34.6 Å². The van der Waals surface area contributed by atoms with Crippen molar-refractivity contribution in [3.63, 3.8) is 0 Å². The molecule has 2 N–H and O–H groups in total. The van der Waals surface area contributed by atoms with Crippen LogP contribution in [-0.4, -0.2) is 55.3 Å². The molecule has 0 aromatic rings. The Kier molecular flexibility index (Phi) is 13.3. The van der Waals surface area contributed by atoms with Crippen LogP contribution in [0.2, 0.25) is 0 Å². The molecule has 134 valence electrons. The van der Waals surface area contributed by atoms with Crippen LogP contribution in [0.4, 0.5) is 13.2 Å². The maximum Gasteiger partial charge on any atom is 0.390 e. The Balaban J connectivity index is 0. The summed E-state index contributed by atoms with van der Waals surface area (Å²) in [6.07, 6.45) is -5.05. The van der Waals surface area contributed by atoms with Gasteiger partial charge in [-0.25, -0.2) is 0 Å². The van der Waals surface area contributed by atoms with Crippen molar-refractivity contribution in [2.75, 3.05) is 26.2 Å². The second-order valence-corrected chi connectivity index (χ2v) is 5.48. The summed E-state index contributed by atoms with van der Waals surface area (Å²) in [6, 6.07) is 0.855. The van der Waals surface area contributed by atoms with E-state index in [1.165, 1.54) is 0 Å². The maximum absolute atomic E-state index is 12.1. The Labute approximate surface area is 149 Å². The average molecular weight is 438 g/mol. The van der Waals surface area contributed by atoms with E-state index < -0.39 is 12.6 Å². The molecular weight excluding hydrogens is 408 g/mol. The highest BCUT2D eigenvalue weighted by atomic mass is 127. The topological polar surface area (TPSA) is 39.7 Å². The number of rotatable bonds is 8. The first-order chi connectivity index (χ1) is 9.67. The van der Waals surface area contributed by atoms with E-state index in [9.17, 15) is 13.2 Å². The molecule has 0 atom stereocenters. The smallest absolute Gasteiger partial charge is 0.357 e. The predicted molar refractivity (Wildman–Crippen MR) is 97.0 cm³/mol. The SMILES string of the molecule is CCNC(=NCCC(F)(F)F)NCCN(C(C)C)C(C)C.I. The summed E-state index contributed by atoms with van der Waals surface area (Å²) >= 11 is 0. The fourth-order valence-electron chi connectivity index (χ4n) is 2.05. The first kappa shape index (κ1) is 24.0. The van der Waals surface area contributed by atoms with Gasteiger partial charge in [0.15, 0.2) is 5.96 Å². The number of nitrogens with zero attached hydrogens (tertiary/aromatic N) is 2. The van der Waals surface area contributed by atoms with Crippen LogP contribution >= 0.6 is 24.0 Å². The van der Waals surface area contributed by atoms with Crippen molar-refractivity contribution >= 4 is 29.9 Å². The highest BCUT2D eigenvalue weighted by Gasteiger charge is 2.26. The summed E-state index contributed by atoms with van der Waals surface area (Å²) in [6.45, 7) is 12.2. The van der Waals surface area contributed by atoms with Crippen molar-refractivity contribution in [3.05, 3.63) is 0 Å². The highest BCUT2D eigenvalue weighted by molar-refractivity contribution is 14.0. The summed E-state index contributed by atoms with van der Waals surface area (Å²) in [7, 11) is 0. The van der Waals surface area contributed by atoms with Crippen molar-refractivity contribution in [2.45, 2.75) is 59.3 Å². The molecule has 0 aliphatic rings. The van der Waals surface area contributed by atoms with Gasteiger partial charge in [0.2, 0.25) is 0 Å². The summed E-state index contributed by atoms with van der Waals surface area (Å²) in [4.78, 5) is 6.25. The largest absolute Gasteiger partial charge is 0.390 e. The molecule has 0 saturated carbocycles. The van der Waals surface area contributed by atoms with E-state index in [1.807, 2.05) is 6.92 Å². The van der Waals surface area contributed by atoms with Gasteiger partial charge in [0.25, 0.3) is 0 Å². The van der Waals surface area contributed by atoms with Gasteiger partial charge < -0.3 is 10.6 Å². The van der Waals surface area contributed by atoms with E-state index in [0.717, 1.165) is 6.54 Å². The molecule has 4 nitrogen and oxygen atoms in total. The lowest BCUT2D eigenvalue weighted by Gasteiger charge is -2.30. The van der Waals surface area contributed by atoms with Crippen LogP contribution in [0.3, 0.4) is 0 Å². The summed E-state index contributed by atoms with van der Waals surface area (Å²) in [5.41, 5.74) is 0. The van der Waals surface area contributed by atoms with Crippen molar-refractivity contribution < 1.29 is 13.2 Å². The summed E-state index contributed by atoms with van der Waals surface area (Å²) < 4.78 is 36.3. The second-order valence-electron chi connectivity index (χ2n) is 5.48. The van der Waals surface area contributed by atoms with Gasteiger partial charge in [-0.3, -0.25) is 9.89 Å². The molecule has 0 fully saturated rings. The number of nitrogens with one attached hydrogen (secondary N) is 2. The minimum absolute atomic E-state index is 0. The number of guanidine groups is 1. The highest BCUT2D eigenvalue weighted by Crippen LogP contribution is 2.18. The third-order valence-electron chi connectivity index (χ3n) is 3.00. The fourth-order valence-corrected chi connectivity index (χ4v) is 2.05. The molecule has 0 amide bonds. The summed E-state index contributed by atoms with van der Waals surface area (Å²) in [5.74, 6) is 0.439. The maximum atomic E-state index is 12.1. The monoisotopic (exact) mass is 438 g/mol. The molecule has 8 heteroatoms. The van der Waals surface area contributed by atoms with Crippen LogP contribution in [0.1, 0.15) is 41.0 Å². The number of hydrogen-bond donors (Lipinski definition) is 2. The van der Waals surface area contributed by atoms with Crippen LogP contribution in [0.25, 0.3) is 0 Å². The van der Waals surface area contributed by atoms with E-state index in [4.69, 9.17) is 0 Å². The fraction of sp³-hybridized carbons (Fsp3) is 0.929. The molecule has 0 heterocycles. The van der Waals surface area contributed by atoms with Gasteiger partial charge in [-0.1, -0.05) is 0 Å². The first-order valence-electron chi connectivity index (χ1n) is 7.52. The van der Waals surface area contributed by atoms with Crippen LogP contribution in [0.5, 0.6) is 0 Å². The van der Waals surface area contributed by atoms with Gasteiger partial charge in [0, 0.05) is 31.7 Å². The van der Waals surface area contributed by atoms with E-state index in [1.54, 1.807) is 0 Å². The third kappa shape index (κ3) is 12.3.